The van der Waals surface area contributed by atoms with E-state index in [4.69, 9.17) is 9.52 Å². The lowest BCUT2D eigenvalue weighted by molar-refractivity contribution is 0.0665. The standard InChI is InChI=1S/C14H9BrN2O4/c15-10-5-16-7-17(13(10)18)6-8-1-2-11-9(3-8)4-12(21-11)14(19)20/h1-5,7H,6H2,(H,19,20). The van der Waals surface area contributed by atoms with Crippen LogP contribution in [0, 0.1) is 0 Å². The van der Waals surface area contributed by atoms with Crippen LogP contribution < -0.4 is 5.56 Å². The fourth-order valence-electron chi connectivity index (χ4n) is 2.03. The molecule has 0 amide bonds. The van der Waals surface area contributed by atoms with Crippen molar-refractivity contribution in [1.29, 1.82) is 0 Å². The van der Waals surface area contributed by atoms with E-state index in [0.29, 0.717) is 22.0 Å². The Kier molecular flexibility index (Phi) is 3.34. The van der Waals surface area contributed by atoms with Gasteiger partial charge < -0.3 is 9.52 Å². The van der Waals surface area contributed by atoms with E-state index in [0.717, 1.165) is 5.56 Å². The lowest BCUT2D eigenvalue weighted by Gasteiger charge is -2.05. The van der Waals surface area contributed by atoms with Gasteiger partial charge in [0.25, 0.3) is 5.56 Å². The van der Waals surface area contributed by atoms with Crippen molar-refractivity contribution in [2.24, 2.45) is 0 Å². The average Bonchev–Trinajstić information content (AvgIpc) is 2.87. The van der Waals surface area contributed by atoms with Crippen LogP contribution in [0.25, 0.3) is 11.0 Å². The molecule has 0 radical (unpaired) electrons. The molecular weight excluding hydrogens is 340 g/mol. The molecule has 3 rings (SSSR count). The van der Waals surface area contributed by atoms with Crippen molar-refractivity contribution in [1.82, 2.24) is 9.55 Å². The van der Waals surface area contributed by atoms with E-state index in [1.165, 1.54) is 23.2 Å². The molecule has 1 N–H and O–H groups in total. The van der Waals surface area contributed by atoms with E-state index in [1.54, 1.807) is 18.2 Å². The summed E-state index contributed by atoms with van der Waals surface area (Å²) in [6.07, 6.45) is 2.90. The highest BCUT2D eigenvalue weighted by Gasteiger charge is 2.11. The number of hydrogen-bond donors (Lipinski definition) is 1. The van der Waals surface area contributed by atoms with Crippen LogP contribution in [0.15, 0.2) is 50.5 Å². The van der Waals surface area contributed by atoms with E-state index < -0.39 is 5.97 Å². The Balaban J connectivity index is 1.99. The molecule has 0 saturated carbocycles. The maximum absolute atomic E-state index is 11.9. The quantitative estimate of drug-likeness (QED) is 0.785. The van der Waals surface area contributed by atoms with Crippen LogP contribution in [0.4, 0.5) is 0 Å². The summed E-state index contributed by atoms with van der Waals surface area (Å²) in [5, 5.41) is 9.59. The van der Waals surface area contributed by atoms with Gasteiger partial charge in [-0.25, -0.2) is 9.78 Å². The molecule has 106 valence electrons. The van der Waals surface area contributed by atoms with Gasteiger partial charge in [-0.05, 0) is 39.7 Å². The Bertz CT molecular complexity index is 897. The van der Waals surface area contributed by atoms with Crippen molar-refractivity contribution in [2.45, 2.75) is 6.54 Å². The molecule has 0 fully saturated rings. The molecule has 2 heterocycles. The zero-order valence-corrected chi connectivity index (χ0v) is 12.2. The molecule has 0 bridgehead atoms. The molecule has 0 unspecified atom stereocenters. The number of carboxylic acid groups (broad SMARTS) is 1. The highest BCUT2D eigenvalue weighted by molar-refractivity contribution is 9.10. The van der Waals surface area contributed by atoms with Crippen LogP contribution in [-0.4, -0.2) is 20.6 Å². The van der Waals surface area contributed by atoms with Crippen molar-refractivity contribution in [3.63, 3.8) is 0 Å². The molecular formula is C14H9BrN2O4. The number of benzene rings is 1. The minimum atomic E-state index is -1.11. The third-order valence-electron chi connectivity index (χ3n) is 3.00. The fourth-order valence-corrected chi connectivity index (χ4v) is 2.38. The van der Waals surface area contributed by atoms with Crippen LogP contribution in [0.2, 0.25) is 0 Å². The van der Waals surface area contributed by atoms with Crippen LogP contribution >= 0.6 is 15.9 Å². The maximum Gasteiger partial charge on any atom is 0.371 e. The third kappa shape index (κ3) is 2.59. The van der Waals surface area contributed by atoms with Gasteiger partial charge >= 0.3 is 5.97 Å². The Morgan fingerprint density at radius 3 is 2.95 bits per heavy atom. The summed E-state index contributed by atoms with van der Waals surface area (Å²) in [7, 11) is 0. The lowest BCUT2D eigenvalue weighted by atomic mass is 10.1. The van der Waals surface area contributed by atoms with E-state index in [2.05, 4.69) is 20.9 Å². The van der Waals surface area contributed by atoms with E-state index in [-0.39, 0.29) is 11.3 Å². The number of rotatable bonds is 3. The van der Waals surface area contributed by atoms with Crippen LogP contribution in [0.1, 0.15) is 16.1 Å². The SMILES string of the molecule is O=C(O)c1cc2cc(Cn3cncc(Br)c3=O)ccc2o1. The van der Waals surface area contributed by atoms with Crippen molar-refractivity contribution in [3.05, 3.63) is 62.9 Å². The molecule has 21 heavy (non-hydrogen) atoms. The molecule has 0 aliphatic carbocycles. The number of carbonyl (C=O) groups is 1. The smallest absolute Gasteiger partial charge is 0.371 e. The van der Waals surface area contributed by atoms with Gasteiger partial charge in [-0.1, -0.05) is 6.07 Å². The minimum Gasteiger partial charge on any atom is -0.475 e. The Hall–Kier alpha value is -2.41. The van der Waals surface area contributed by atoms with Gasteiger partial charge in [0.15, 0.2) is 0 Å². The number of fused-ring (bicyclic) bond motifs is 1. The second-order valence-electron chi connectivity index (χ2n) is 4.46. The van der Waals surface area contributed by atoms with Gasteiger partial charge in [-0.15, -0.1) is 0 Å². The first-order valence-electron chi connectivity index (χ1n) is 6.00. The Morgan fingerprint density at radius 2 is 2.19 bits per heavy atom. The van der Waals surface area contributed by atoms with Gasteiger partial charge in [0.05, 0.1) is 12.9 Å². The van der Waals surface area contributed by atoms with Gasteiger partial charge in [0.2, 0.25) is 5.76 Å². The van der Waals surface area contributed by atoms with Gasteiger partial charge in [0.1, 0.15) is 10.1 Å². The largest absolute Gasteiger partial charge is 0.475 e. The number of halogens is 1. The minimum absolute atomic E-state index is 0.108. The first-order chi connectivity index (χ1) is 10.0. The maximum atomic E-state index is 11.9. The van der Waals surface area contributed by atoms with Gasteiger partial charge in [0, 0.05) is 11.6 Å². The summed E-state index contributed by atoms with van der Waals surface area (Å²) in [5.74, 6) is -1.22. The highest BCUT2D eigenvalue weighted by atomic mass is 79.9. The van der Waals surface area contributed by atoms with Crippen LogP contribution in [-0.2, 0) is 6.54 Å². The summed E-state index contributed by atoms with van der Waals surface area (Å²) >= 11 is 3.14. The van der Waals surface area contributed by atoms with E-state index >= 15 is 0 Å². The summed E-state index contributed by atoms with van der Waals surface area (Å²) in [4.78, 5) is 26.7. The van der Waals surface area contributed by atoms with Crippen LogP contribution in [0.5, 0.6) is 0 Å². The van der Waals surface area contributed by atoms with Gasteiger partial charge in [-0.3, -0.25) is 9.36 Å². The Labute approximate surface area is 126 Å². The molecule has 0 atom stereocenters. The number of nitrogens with zero attached hydrogens (tertiary/aromatic N) is 2. The molecule has 1 aromatic carbocycles. The fraction of sp³-hybridized carbons (Fsp3) is 0.0714. The predicted octanol–water partition coefficient (Wildman–Crippen LogP) is 2.50. The zero-order valence-electron chi connectivity index (χ0n) is 10.6. The lowest BCUT2D eigenvalue weighted by Crippen LogP contribution is -2.21. The third-order valence-corrected chi connectivity index (χ3v) is 3.55. The summed E-state index contributed by atoms with van der Waals surface area (Å²) in [6, 6.07) is 6.72. The Morgan fingerprint density at radius 1 is 1.38 bits per heavy atom. The number of aromatic carboxylic acids is 1. The number of furan rings is 1. The zero-order chi connectivity index (χ0) is 15.0. The second-order valence-corrected chi connectivity index (χ2v) is 5.32. The van der Waals surface area contributed by atoms with E-state index in [1.807, 2.05) is 0 Å². The number of aromatic nitrogens is 2. The summed E-state index contributed by atoms with van der Waals surface area (Å²) < 4.78 is 7.04. The van der Waals surface area contributed by atoms with Crippen LogP contribution in [0.3, 0.4) is 0 Å². The topological polar surface area (TPSA) is 85.3 Å². The first-order valence-corrected chi connectivity index (χ1v) is 6.79. The first kappa shape index (κ1) is 13.6. The van der Waals surface area contributed by atoms with Crippen molar-refractivity contribution >= 4 is 32.9 Å². The average molecular weight is 349 g/mol. The molecule has 7 heteroatoms. The summed E-state index contributed by atoms with van der Waals surface area (Å²) in [6.45, 7) is 0.342. The molecule has 0 aliphatic rings. The molecule has 0 aliphatic heterocycles. The molecule has 0 saturated heterocycles. The van der Waals surface area contributed by atoms with Crippen molar-refractivity contribution in [2.75, 3.05) is 0 Å². The molecule has 2 aromatic heterocycles. The number of hydrogen-bond acceptors (Lipinski definition) is 4. The molecule has 3 aromatic rings. The van der Waals surface area contributed by atoms with Crippen molar-refractivity contribution < 1.29 is 14.3 Å². The highest BCUT2D eigenvalue weighted by Crippen LogP contribution is 2.21. The molecule has 0 spiro atoms. The predicted molar refractivity (Wildman–Crippen MR) is 78.5 cm³/mol. The second kappa shape index (κ2) is 5.17. The molecule has 6 nitrogen and oxygen atoms in total. The van der Waals surface area contributed by atoms with E-state index in [9.17, 15) is 9.59 Å². The van der Waals surface area contributed by atoms with Gasteiger partial charge in [-0.2, -0.15) is 0 Å². The number of carboxylic acids is 1. The monoisotopic (exact) mass is 348 g/mol. The normalized spacial score (nSPS) is 10.9. The van der Waals surface area contributed by atoms with Crippen molar-refractivity contribution in [3.8, 4) is 0 Å². The summed E-state index contributed by atoms with van der Waals surface area (Å²) in [5.41, 5.74) is 1.17.